The second-order valence-electron chi connectivity index (χ2n) is 4.80. The van der Waals surface area contributed by atoms with Gasteiger partial charge in [-0.15, -0.1) is 0 Å². The van der Waals surface area contributed by atoms with E-state index in [9.17, 15) is 0 Å². The molecule has 1 aromatic rings. The van der Waals surface area contributed by atoms with Crippen molar-refractivity contribution in [3.63, 3.8) is 0 Å². The van der Waals surface area contributed by atoms with Gasteiger partial charge in [0.05, 0.1) is 4.47 Å². The average Bonchev–Trinajstić information content (AvgIpc) is 2.39. The number of hydrogen-bond donors (Lipinski definition) is 1. The Labute approximate surface area is 112 Å². The van der Waals surface area contributed by atoms with Gasteiger partial charge in [-0.1, -0.05) is 13.3 Å². The molecule has 1 aliphatic rings. The summed E-state index contributed by atoms with van der Waals surface area (Å²) < 4.78 is 0.936. The van der Waals surface area contributed by atoms with E-state index >= 15 is 0 Å². The van der Waals surface area contributed by atoms with Crippen LogP contribution in [0.3, 0.4) is 0 Å². The van der Waals surface area contributed by atoms with E-state index in [2.05, 4.69) is 38.1 Å². The van der Waals surface area contributed by atoms with Gasteiger partial charge in [0, 0.05) is 19.2 Å². The number of aromatic nitrogens is 2. The highest BCUT2D eigenvalue weighted by Crippen LogP contribution is 2.36. The highest BCUT2D eigenvalue weighted by Gasteiger charge is 2.23. The van der Waals surface area contributed by atoms with Crippen molar-refractivity contribution in [3.8, 4) is 0 Å². The summed E-state index contributed by atoms with van der Waals surface area (Å²) in [4.78, 5) is 9.06. The summed E-state index contributed by atoms with van der Waals surface area (Å²) in [5, 5.41) is 3.10. The van der Waals surface area contributed by atoms with Crippen LogP contribution in [-0.4, -0.2) is 17.0 Å². The SMILES string of the molecule is CCC1CCC(c2ncc(Br)c(NC)n2)CC1. The lowest BCUT2D eigenvalue weighted by Crippen LogP contribution is -2.15. The van der Waals surface area contributed by atoms with E-state index in [1.807, 2.05) is 13.2 Å². The number of hydrogen-bond acceptors (Lipinski definition) is 3. The van der Waals surface area contributed by atoms with Crippen molar-refractivity contribution < 1.29 is 0 Å². The smallest absolute Gasteiger partial charge is 0.143 e. The first kappa shape index (κ1) is 12.8. The van der Waals surface area contributed by atoms with Gasteiger partial charge in [0.2, 0.25) is 0 Å². The maximum atomic E-state index is 4.60. The Hall–Kier alpha value is -0.640. The highest BCUT2D eigenvalue weighted by molar-refractivity contribution is 9.10. The Bertz CT molecular complexity index is 373. The molecule has 94 valence electrons. The Morgan fingerprint density at radius 1 is 1.35 bits per heavy atom. The van der Waals surface area contributed by atoms with Gasteiger partial charge in [0.15, 0.2) is 0 Å². The van der Waals surface area contributed by atoms with E-state index in [0.717, 1.165) is 22.0 Å². The van der Waals surface area contributed by atoms with Gasteiger partial charge >= 0.3 is 0 Å². The topological polar surface area (TPSA) is 37.8 Å². The standard InChI is InChI=1S/C13H20BrN3/c1-3-9-4-6-10(7-5-9)12-16-8-11(14)13(15-2)17-12/h8-10H,3-7H2,1-2H3,(H,15,16,17). The molecule has 4 heteroatoms. The van der Waals surface area contributed by atoms with E-state index in [1.165, 1.54) is 32.1 Å². The Morgan fingerprint density at radius 2 is 2.06 bits per heavy atom. The zero-order valence-electron chi connectivity index (χ0n) is 10.5. The fourth-order valence-corrected chi connectivity index (χ4v) is 2.97. The van der Waals surface area contributed by atoms with Crippen molar-refractivity contribution in [2.75, 3.05) is 12.4 Å². The first-order chi connectivity index (χ1) is 8.24. The van der Waals surface area contributed by atoms with E-state index in [0.29, 0.717) is 5.92 Å². The summed E-state index contributed by atoms with van der Waals surface area (Å²) in [6.07, 6.45) is 8.31. The molecular formula is C13H20BrN3. The summed E-state index contributed by atoms with van der Waals surface area (Å²) in [6.45, 7) is 2.29. The third-order valence-corrected chi connectivity index (χ3v) is 4.37. The third-order valence-electron chi connectivity index (χ3n) is 3.79. The van der Waals surface area contributed by atoms with Gasteiger partial charge in [0.1, 0.15) is 11.6 Å². The van der Waals surface area contributed by atoms with E-state index in [1.54, 1.807) is 0 Å². The fraction of sp³-hybridized carbons (Fsp3) is 0.692. The molecule has 0 aliphatic heterocycles. The lowest BCUT2D eigenvalue weighted by atomic mass is 9.80. The zero-order valence-corrected chi connectivity index (χ0v) is 12.1. The first-order valence-electron chi connectivity index (χ1n) is 6.44. The summed E-state index contributed by atoms with van der Waals surface area (Å²) in [7, 11) is 1.89. The molecule has 1 aliphatic carbocycles. The third kappa shape index (κ3) is 2.97. The van der Waals surface area contributed by atoms with Crippen molar-refractivity contribution in [1.29, 1.82) is 0 Å². The molecule has 1 aromatic heterocycles. The summed E-state index contributed by atoms with van der Waals surface area (Å²) in [6, 6.07) is 0. The van der Waals surface area contributed by atoms with Crippen LogP contribution >= 0.6 is 15.9 Å². The summed E-state index contributed by atoms with van der Waals surface area (Å²) in [5.41, 5.74) is 0. The quantitative estimate of drug-likeness (QED) is 0.917. The minimum Gasteiger partial charge on any atom is -0.372 e. The molecule has 0 spiro atoms. The number of halogens is 1. The van der Waals surface area contributed by atoms with Crippen molar-refractivity contribution in [3.05, 3.63) is 16.5 Å². The lowest BCUT2D eigenvalue weighted by Gasteiger charge is -2.26. The molecule has 1 saturated carbocycles. The van der Waals surface area contributed by atoms with Crippen LogP contribution in [0.2, 0.25) is 0 Å². The molecule has 17 heavy (non-hydrogen) atoms. The molecule has 1 N–H and O–H groups in total. The first-order valence-corrected chi connectivity index (χ1v) is 7.24. The maximum Gasteiger partial charge on any atom is 0.143 e. The minimum atomic E-state index is 0.554. The number of nitrogens with zero attached hydrogens (tertiary/aromatic N) is 2. The molecule has 0 atom stereocenters. The maximum absolute atomic E-state index is 4.60. The molecular weight excluding hydrogens is 278 g/mol. The predicted molar refractivity (Wildman–Crippen MR) is 74.3 cm³/mol. The minimum absolute atomic E-state index is 0.554. The molecule has 0 radical (unpaired) electrons. The van der Waals surface area contributed by atoms with Crippen LogP contribution < -0.4 is 5.32 Å². The molecule has 0 bridgehead atoms. The largest absolute Gasteiger partial charge is 0.372 e. The molecule has 0 saturated heterocycles. The van der Waals surface area contributed by atoms with Crippen LogP contribution in [0.4, 0.5) is 5.82 Å². The molecule has 3 nitrogen and oxygen atoms in total. The number of nitrogens with one attached hydrogen (secondary N) is 1. The van der Waals surface area contributed by atoms with Crippen molar-refractivity contribution >= 4 is 21.7 Å². The highest BCUT2D eigenvalue weighted by atomic mass is 79.9. The molecule has 2 rings (SSSR count). The summed E-state index contributed by atoms with van der Waals surface area (Å²) >= 11 is 3.45. The van der Waals surface area contributed by atoms with Crippen molar-refractivity contribution in [1.82, 2.24) is 9.97 Å². The van der Waals surface area contributed by atoms with Gasteiger partial charge in [0.25, 0.3) is 0 Å². The van der Waals surface area contributed by atoms with Crippen LogP contribution in [0, 0.1) is 5.92 Å². The average molecular weight is 298 g/mol. The molecule has 1 heterocycles. The zero-order chi connectivity index (χ0) is 12.3. The Kier molecular flexibility index (Phi) is 4.37. The van der Waals surface area contributed by atoms with Gasteiger partial charge < -0.3 is 5.32 Å². The second kappa shape index (κ2) is 5.80. The van der Waals surface area contributed by atoms with E-state index in [-0.39, 0.29) is 0 Å². The van der Waals surface area contributed by atoms with Gasteiger partial charge in [-0.2, -0.15) is 0 Å². The van der Waals surface area contributed by atoms with Crippen LogP contribution in [0.1, 0.15) is 50.8 Å². The molecule has 0 unspecified atom stereocenters. The second-order valence-corrected chi connectivity index (χ2v) is 5.65. The number of rotatable bonds is 3. The predicted octanol–water partition coefficient (Wildman–Crippen LogP) is 3.96. The van der Waals surface area contributed by atoms with Crippen molar-refractivity contribution in [2.24, 2.45) is 5.92 Å². The monoisotopic (exact) mass is 297 g/mol. The lowest BCUT2D eigenvalue weighted by molar-refractivity contribution is 0.312. The van der Waals surface area contributed by atoms with Crippen LogP contribution in [0.15, 0.2) is 10.7 Å². The van der Waals surface area contributed by atoms with Gasteiger partial charge in [-0.3, -0.25) is 0 Å². The Morgan fingerprint density at radius 3 is 2.65 bits per heavy atom. The molecule has 1 fully saturated rings. The van der Waals surface area contributed by atoms with Crippen molar-refractivity contribution in [2.45, 2.75) is 44.9 Å². The number of anilines is 1. The van der Waals surface area contributed by atoms with E-state index in [4.69, 9.17) is 0 Å². The van der Waals surface area contributed by atoms with Crippen LogP contribution in [-0.2, 0) is 0 Å². The fourth-order valence-electron chi connectivity index (χ4n) is 2.58. The van der Waals surface area contributed by atoms with E-state index < -0.39 is 0 Å². The van der Waals surface area contributed by atoms with Gasteiger partial charge in [-0.25, -0.2) is 9.97 Å². The normalized spacial score (nSPS) is 24.6. The van der Waals surface area contributed by atoms with Gasteiger partial charge in [-0.05, 0) is 47.5 Å². The van der Waals surface area contributed by atoms with Crippen LogP contribution in [0.25, 0.3) is 0 Å². The van der Waals surface area contributed by atoms with Crippen LogP contribution in [0.5, 0.6) is 0 Å². The summed E-state index contributed by atoms with van der Waals surface area (Å²) in [5.74, 6) is 3.38. The molecule has 0 amide bonds. The Balaban J connectivity index is 2.08. The molecule has 0 aromatic carbocycles.